The highest BCUT2D eigenvalue weighted by Crippen LogP contribution is 2.36. The molecular formula is C37H44F2N6O6. The molecule has 0 unspecified atom stereocenters. The molecule has 12 nitrogen and oxygen atoms in total. The third kappa shape index (κ3) is 8.13. The van der Waals surface area contributed by atoms with Gasteiger partial charge in [-0.2, -0.15) is 0 Å². The Bertz CT molecular complexity index is 1730. The zero-order valence-corrected chi connectivity index (χ0v) is 29.2. The molecule has 5 atom stereocenters. The Morgan fingerprint density at radius 1 is 0.882 bits per heavy atom. The second kappa shape index (κ2) is 15.3. The quantitative estimate of drug-likeness (QED) is 0.349. The van der Waals surface area contributed by atoms with Crippen molar-refractivity contribution in [3.63, 3.8) is 0 Å². The van der Waals surface area contributed by atoms with E-state index in [1.807, 2.05) is 13.8 Å². The van der Waals surface area contributed by atoms with Gasteiger partial charge in [0.1, 0.15) is 29.6 Å². The van der Waals surface area contributed by atoms with Gasteiger partial charge in [0, 0.05) is 49.5 Å². The van der Waals surface area contributed by atoms with Crippen molar-refractivity contribution in [3.05, 3.63) is 83.1 Å². The Labute approximate surface area is 295 Å². The Balaban J connectivity index is 1.31. The molecule has 2 saturated heterocycles. The van der Waals surface area contributed by atoms with Crippen LogP contribution in [-0.4, -0.2) is 119 Å². The zero-order valence-electron chi connectivity index (χ0n) is 29.2. The van der Waals surface area contributed by atoms with Crippen molar-refractivity contribution < 1.29 is 37.7 Å². The van der Waals surface area contributed by atoms with E-state index in [0.29, 0.717) is 43.2 Å². The molecule has 3 aliphatic rings. The van der Waals surface area contributed by atoms with Crippen LogP contribution < -0.4 is 15.0 Å². The van der Waals surface area contributed by atoms with Gasteiger partial charge in [0.25, 0.3) is 5.91 Å². The molecule has 1 aromatic heterocycles. The van der Waals surface area contributed by atoms with Gasteiger partial charge in [0.15, 0.2) is 0 Å². The van der Waals surface area contributed by atoms with Crippen LogP contribution in [0, 0.1) is 11.6 Å². The first kappa shape index (κ1) is 36.1. The van der Waals surface area contributed by atoms with Crippen LogP contribution in [0.3, 0.4) is 0 Å². The maximum atomic E-state index is 14.4. The van der Waals surface area contributed by atoms with Gasteiger partial charge in [-0.25, -0.2) is 18.6 Å². The van der Waals surface area contributed by atoms with Gasteiger partial charge in [-0.1, -0.05) is 12.1 Å². The normalized spacial score (nSPS) is 24.1. The Kier molecular flexibility index (Phi) is 10.8. The van der Waals surface area contributed by atoms with E-state index in [0.717, 1.165) is 5.56 Å². The van der Waals surface area contributed by atoms with E-state index in [1.165, 1.54) is 41.3 Å². The van der Waals surface area contributed by atoms with Crippen molar-refractivity contribution in [1.82, 2.24) is 19.7 Å². The number of aromatic nitrogens is 1. The average molecular weight is 707 g/mol. The molecule has 0 spiro atoms. The summed E-state index contributed by atoms with van der Waals surface area (Å²) in [6, 6.07) is 12.3. The van der Waals surface area contributed by atoms with Gasteiger partial charge in [-0.05, 0) is 87.7 Å². The van der Waals surface area contributed by atoms with Crippen LogP contribution in [0.15, 0.2) is 54.6 Å². The van der Waals surface area contributed by atoms with Crippen molar-refractivity contribution >= 4 is 29.3 Å². The number of morpholine rings is 1. The van der Waals surface area contributed by atoms with Crippen molar-refractivity contribution in [1.29, 1.82) is 0 Å². The monoisotopic (exact) mass is 706 g/mol. The number of ether oxygens (including phenoxy) is 2. The van der Waals surface area contributed by atoms with Crippen molar-refractivity contribution in [2.45, 2.75) is 64.3 Å². The van der Waals surface area contributed by atoms with E-state index >= 15 is 0 Å². The Hall–Kier alpha value is -4.66. The first-order chi connectivity index (χ1) is 24.4. The maximum Gasteiger partial charge on any atom is 0.407 e. The summed E-state index contributed by atoms with van der Waals surface area (Å²) >= 11 is 0. The predicted molar refractivity (Wildman–Crippen MR) is 186 cm³/mol. The minimum Gasteiger partial charge on any atom is -0.474 e. The molecule has 14 heteroatoms. The molecule has 4 heterocycles. The number of fused-ring (bicyclic) bond motifs is 1. The fraction of sp³-hybridized carbons (Fsp3) is 0.459. The highest BCUT2D eigenvalue weighted by atomic mass is 19.1. The number of carbonyl (C=O) groups excluding carboxylic acids is 2. The number of halogens is 2. The highest BCUT2D eigenvalue weighted by molar-refractivity contribution is 6.05. The van der Waals surface area contributed by atoms with Crippen molar-refractivity contribution in [3.8, 4) is 5.88 Å². The number of piperazine rings is 1. The lowest BCUT2D eigenvalue weighted by Gasteiger charge is -2.48. The molecule has 2 aromatic carbocycles. The number of anilines is 2. The molecule has 3 amide bonds. The van der Waals surface area contributed by atoms with E-state index in [-0.39, 0.29) is 73.8 Å². The number of hydrogen-bond acceptors (Lipinski definition) is 8. The fourth-order valence-corrected chi connectivity index (χ4v) is 7.20. The number of hydrogen-bond donors (Lipinski definition) is 2. The molecule has 51 heavy (non-hydrogen) atoms. The molecule has 0 bridgehead atoms. The molecule has 2 fully saturated rings. The van der Waals surface area contributed by atoms with Gasteiger partial charge in [0.05, 0.1) is 25.8 Å². The summed E-state index contributed by atoms with van der Waals surface area (Å²) in [4.78, 5) is 52.3. The summed E-state index contributed by atoms with van der Waals surface area (Å²) < 4.78 is 39.0. The van der Waals surface area contributed by atoms with Gasteiger partial charge >= 0.3 is 6.09 Å². The Morgan fingerprint density at radius 2 is 1.53 bits per heavy atom. The van der Waals surface area contributed by atoms with E-state index in [2.05, 4.69) is 33.9 Å². The highest BCUT2D eigenvalue weighted by Gasteiger charge is 2.40. The molecule has 2 N–H and O–H groups in total. The topological polar surface area (TPSA) is 128 Å². The van der Waals surface area contributed by atoms with E-state index in [4.69, 9.17) is 9.47 Å². The molecule has 0 radical (unpaired) electrons. The van der Waals surface area contributed by atoms with E-state index in [1.54, 1.807) is 23.1 Å². The van der Waals surface area contributed by atoms with Crippen LogP contribution >= 0.6 is 0 Å². The number of carbonyl (C=O) groups is 3. The predicted octanol–water partition coefficient (Wildman–Crippen LogP) is 4.48. The van der Waals surface area contributed by atoms with Crippen LogP contribution in [0.1, 0.15) is 49.3 Å². The lowest BCUT2D eigenvalue weighted by molar-refractivity contribution is -0.122. The first-order valence-corrected chi connectivity index (χ1v) is 17.2. The van der Waals surface area contributed by atoms with Crippen LogP contribution in [0.25, 0.3) is 0 Å². The fourth-order valence-electron chi connectivity index (χ4n) is 7.20. The van der Waals surface area contributed by atoms with Crippen LogP contribution in [0.2, 0.25) is 0 Å². The molecule has 6 rings (SSSR count). The SMILES string of the molecule is C[C@@H]1CN(CC(=O)N2c3cc(Cc4ccc(F)cc4)c(C(=O)Nc4ccc(F)cc4)nc3OC[C@@H]2C)[C@@H](CN2[C@H](C)COC[C@H]2C)CN1C(=O)O. The molecule has 0 saturated carbocycles. The number of amides is 3. The second-order valence-corrected chi connectivity index (χ2v) is 13.8. The molecule has 3 aromatic rings. The van der Waals surface area contributed by atoms with Crippen LogP contribution in [-0.2, 0) is 16.0 Å². The third-order valence-corrected chi connectivity index (χ3v) is 9.91. The summed E-state index contributed by atoms with van der Waals surface area (Å²) in [6.07, 6.45) is -0.785. The number of nitrogens with one attached hydrogen (secondary N) is 1. The third-order valence-electron chi connectivity index (χ3n) is 9.91. The van der Waals surface area contributed by atoms with Crippen LogP contribution in [0.5, 0.6) is 5.88 Å². The van der Waals surface area contributed by atoms with Gasteiger partial charge in [-0.3, -0.25) is 19.4 Å². The van der Waals surface area contributed by atoms with Crippen LogP contribution in [0.4, 0.5) is 25.0 Å². The summed E-state index contributed by atoms with van der Waals surface area (Å²) in [5.41, 5.74) is 2.02. The zero-order chi connectivity index (χ0) is 36.4. The number of benzene rings is 2. The molecule has 3 aliphatic heterocycles. The second-order valence-electron chi connectivity index (χ2n) is 13.8. The lowest BCUT2D eigenvalue weighted by atomic mass is 10.0. The van der Waals surface area contributed by atoms with Crippen molar-refractivity contribution in [2.75, 3.05) is 56.2 Å². The number of pyridine rings is 1. The number of carboxylic acid groups (broad SMARTS) is 1. The smallest absolute Gasteiger partial charge is 0.407 e. The number of nitrogens with zero attached hydrogens (tertiary/aromatic N) is 5. The molecule has 0 aliphatic carbocycles. The van der Waals surface area contributed by atoms with E-state index in [9.17, 15) is 28.3 Å². The minimum absolute atomic E-state index is 0.0272. The van der Waals surface area contributed by atoms with Gasteiger partial charge in [0.2, 0.25) is 11.8 Å². The number of rotatable bonds is 8. The Morgan fingerprint density at radius 3 is 2.18 bits per heavy atom. The standard InChI is InChI=1S/C37H44F2N6O6/c1-22-15-42(31(17-44(22)37(48)49)16-43-23(2)19-50-20-24(43)3)18-33(46)45-25(4)21-51-36-32(45)14-27(13-26-5-7-28(38)8-6-26)34(41-36)35(47)40-30-11-9-29(39)10-12-30/h5-12,14,22-25,31H,13,15-21H2,1-4H3,(H,40,47)(H,48,49)/t22-,23-,24-,25+,31+/m1/s1. The summed E-state index contributed by atoms with van der Waals surface area (Å²) in [5.74, 6) is -1.50. The van der Waals surface area contributed by atoms with Gasteiger partial charge < -0.3 is 29.7 Å². The maximum absolute atomic E-state index is 14.4. The van der Waals surface area contributed by atoms with Gasteiger partial charge in [-0.15, -0.1) is 0 Å². The summed E-state index contributed by atoms with van der Waals surface area (Å²) in [5, 5.41) is 12.7. The summed E-state index contributed by atoms with van der Waals surface area (Å²) in [6.45, 7) is 10.4. The lowest BCUT2D eigenvalue weighted by Crippen LogP contribution is -2.65. The average Bonchev–Trinajstić information content (AvgIpc) is 3.08. The largest absolute Gasteiger partial charge is 0.474 e. The summed E-state index contributed by atoms with van der Waals surface area (Å²) in [7, 11) is 0. The minimum atomic E-state index is -0.990. The first-order valence-electron chi connectivity index (χ1n) is 17.2. The molecule has 272 valence electrons. The van der Waals surface area contributed by atoms with Crippen molar-refractivity contribution in [2.24, 2.45) is 0 Å². The van der Waals surface area contributed by atoms with E-state index < -0.39 is 23.6 Å². The molecular weight excluding hydrogens is 662 g/mol.